The molecule has 0 aromatic heterocycles. The molecule has 0 N–H and O–H groups in total. The molecule has 0 aliphatic carbocycles. The highest BCUT2D eigenvalue weighted by atomic mass is 15.2. The van der Waals surface area contributed by atoms with Gasteiger partial charge in [-0.25, -0.2) is 4.99 Å². The zero-order valence-corrected chi connectivity index (χ0v) is 8.87. The van der Waals surface area contributed by atoms with Gasteiger partial charge in [0.05, 0.1) is 0 Å². The van der Waals surface area contributed by atoms with E-state index in [1.807, 2.05) is 6.21 Å². The van der Waals surface area contributed by atoms with Crippen LogP contribution in [0.2, 0.25) is 0 Å². The summed E-state index contributed by atoms with van der Waals surface area (Å²) in [6.45, 7) is 4.47. The number of rotatable bonds is 1. The standard InChI is InChI=1S/C12H18N2/c1-11-6-5-7-12(13-10-11)14-8-3-2-4-9-14/h6-7,10H,2-5,8-9H2,1H3. The normalized spacial score (nSPS) is 22.8. The van der Waals surface area contributed by atoms with E-state index in [9.17, 15) is 0 Å². The van der Waals surface area contributed by atoms with Crippen molar-refractivity contribution in [3.05, 3.63) is 23.5 Å². The molecule has 0 saturated carbocycles. The lowest BCUT2D eigenvalue weighted by atomic mass is 10.1. The monoisotopic (exact) mass is 190 g/mol. The minimum atomic E-state index is 1.03. The average Bonchev–Trinajstić information content (AvgIpc) is 2.44. The highest BCUT2D eigenvalue weighted by Crippen LogP contribution is 2.17. The van der Waals surface area contributed by atoms with Crippen LogP contribution < -0.4 is 0 Å². The topological polar surface area (TPSA) is 15.6 Å². The lowest BCUT2D eigenvalue weighted by molar-refractivity contribution is 0.283. The number of hydrogen-bond acceptors (Lipinski definition) is 2. The van der Waals surface area contributed by atoms with Crippen LogP contribution in [-0.2, 0) is 0 Å². The van der Waals surface area contributed by atoms with E-state index in [1.165, 1.54) is 43.7 Å². The molecule has 0 aromatic rings. The summed E-state index contributed by atoms with van der Waals surface area (Å²) < 4.78 is 0. The smallest absolute Gasteiger partial charge is 0.124 e. The summed E-state index contributed by atoms with van der Waals surface area (Å²) in [4.78, 5) is 6.93. The van der Waals surface area contributed by atoms with E-state index in [2.05, 4.69) is 29.0 Å². The van der Waals surface area contributed by atoms with Gasteiger partial charge in [-0.2, -0.15) is 0 Å². The maximum atomic E-state index is 4.52. The summed E-state index contributed by atoms with van der Waals surface area (Å²) in [7, 11) is 0. The van der Waals surface area contributed by atoms with Crippen molar-refractivity contribution in [2.45, 2.75) is 32.6 Å². The van der Waals surface area contributed by atoms with Crippen molar-refractivity contribution in [2.24, 2.45) is 4.99 Å². The lowest BCUT2D eigenvalue weighted by Crippen LogP contribution is -2.28. The minimum Gasteiger partial charge on any atom is -0.357 e. The van der Waals surface area contributed by atoms with Crippen molar-refractivity contribution in [1.82, 2.24) is 4.90 Å². The van der Waals surface area contributed by atoms with E-state index in [0.717, 1.165) is 6.42 Å². The first-order chi connectivity index (χ1) is 6.86. The fourth-order valence-electron chi connectivity index (χ4n) is 1.96. The molecule has 0 amide bonds. The molecule has 2 rings (SSSR count). The Bertz CT molecular complexity index is 281. The number of allylic oxidation sites excluding steroid dienone is 3. The van der Waals surface area contributed by atoms with Gasteiger partial charge in [0.1, 0.15) is 5.82 Å². The first-order valence-corrected chi connectivity index (χ1v) is 5.52. The molecule has 14 heavy (non-hydrogen) atoms. The molecule has 2 nitrogen and oxygen atoms in total. The zero-order chi connectivity index (χ0) is 9.80. The van der Waals surface area contributed by atoms with Crippen LogP contribution in [0.3, 0.4) is 0 Å². The summed E-state index contributed by atoms with van der Waals surface area (Å²) >= 11 is 0. The predicted molar refractivity (Wildman–Crippen MR) is 60.4 cm³/mol. The Morgan fingerprint density at radius 2 is 1.93 bits per heavy atom. The van der Waals surface area contributed by atoms with Gasteiger partial charge in [-0.1, -0.05) is 6.08 Å². The van der Waals surface area contributed by atoms with Gasteiger partial charge in [0, 0.05) is 19.3 Å². The summed E-state index contributed by atoms with van der Waals surface area (Å²) in [6.07, 6.45) is 11.5. The van der Waals surface area contributed by atoms with Crippen LogP contribution >= 0.6 is 0 Å². The Kier molecular flexibility index (Phi) is 3.02. The largest absolute Gasteiger partial charge is 0.357 e. The van der Waals surface area contributed by atoms with Crippen molar-refractivity contribution in [1.29, 1.82) is 0 Å². The highest BCUT2D eigenvalue weighted by molar-refractivity contribution is 5.78. The molecule has 0 unspecified atom stereocenters. The van der Waals surface area contributed by atoms with Gasteiger partial charge in [-0.3, -0.25) is 0 Å². The molecule has 2 aliphatic rings. The molecule has 2 aliphatic heterocycles. The second-order valence-electron chi connectivity index (χ2n) is 4.05. The van der Waals surface area contributed by atoms with Gasteiger partial charge in [-0.05, 0) is 44.3 Å². The third-order valence-electron chi connectivity index (χ3n) is 2.82. The van der Waals surface area contributed by atoms with Crippen LogP contribution in [0.15, 0.2) is 28.5 Å². The molecule has 0 aromatic carbocycles. The number of hydrogen-bond donors (Lipinski definition) is 0. The summed E-state index contributed by atoms with van der Waals surface area (Å²) in [5.41, 5.74) is 1.27. The van der Waals surface area contributed by atoms with Gasteiger partial charge >= 0.3 is 0 Å². The van der Waals surface area contributed by atoms with Crippen LogP contribution in [0.5, 0.6) is 0 Å². The van der Waals surface area contributed by atoms with Crippen molar-refractivity contribution in [3.63, 3.8) is 0 Å². The molecule has 0 radical (unpaired) electrons. The molecular weight excluding hydrogens is 172 g/mol. The third-order valence-corrected chi connectivity index (χ3v) is 2.82. The summed E-state index contributed by atoms with van der Waals surface area (Å²) in [6, 6.07) is 0. The summed E-state index contributed by atoms with van der Waals surface area (Å²) in [5.74, 6) is 1.18. The second-order valence-corrected chi connectivity index (χ2v) is 4.05. The molecule has 2 heteroatoms. The van der Waals surface area contributed by atoms with Gasteiger partial charge in [-0.15, -0.1) is 0 Å². The van der Waals surface area contributed by atoms with Crippen LogP contribution in [-0.4, -0.2) is 24.2 Å². The quantitative estimate of drug-likeness (QED) is 0.620. The van der Waals surface area contributed by atoms with Crippen LogP contribution in [0, 0.1) is 0 Å². The summed E-state index contributed by atoms with van der Waals surface area (Å²) in [5, 5.41) is 0. The Morgan fingerprint density at radius 1 is 1.14 bits per heavy atom. The SMILES string of the molecule is CC1=CCC=C(N2CCCCC2)N=C1. The van der Waals surface area contributed by atoms with Gasteiger partial charge in [0.15, 0.2) is 0 Å². The minimum absolute atomic E-state index is 1.03. The van der Waals surface area contributed by atoms with Crippen LogP contribution in [0.25, 0.3) is 0 Å². The van der Waals surface area contributed by atoms with E-state index in [0.29, 0.717) is 0 Å². The highest BCUT2D eigenvalue weighted by Gasteiger charge is 2.12. The fraction of sp³-hybridized carbons (Fsp3) is 0.583. The van der Waals surface area contributed by atoms with Crippen molar-refractivity contribution in [2.75, 3.05) is 13.1 Å². The molecular formula is C12H18N2. The molecule has 0 atom stereocenters. The second kappa shape index (κ2) is 4.45. The average molecular weight is 190 g/mol. The Labute approximate surface area is 86.0 Å². The Balaban J connectivity index is 2.03. The van der Waals surface area contributed by atoms with E-state index in [-0.39, 0.29) is 0 Å². The maximum Gasteiger partial charge on any atom is 0.124 e. The lowest BCUT2D eigenvalue weighted by Gasteiger charge is -2.28. The Hall–Kier alpha value is -1.05. The van der Waals surface area contributed by atoms with E-state index >= 15 is 0 Å². The first kappa shape index (κ1) is 9.50. The van der Waals surface area contributed by atoms with E-state index in [1.54, 1.807) is 0 Å². The molecule has 0 spiro atoms. The van der Waals surface area contributed by atoms with Crippen molar-refractivity contribution in [3.8, 4) is 0 Å². The van der Waals surface area contributed by atoms with E-state index in [4.69, 9.17) is 0 Å². The van der Waals surface area contributed by atoms with Crippen molar-refractivity contribution >= 4 is 6.21 Å². The van der Waals surface area contributed by atoms with Crippen LogP contribution in [0.4, 0.5) is 0 Å². The molecule has 2 heterocycles. The molecule has 1 saturated heterocycles. The van der Waals surface area contributed by atoms with Crippen molar-refractivity contribution < 1.29 is 0 Å². The molecule has 1 fully saturated rings. The number of piperidine rings is 1. The first-order valence-electron chi connectivity index (χ1n) is 5.52. The Morgan fingerprint density at radius 3 is 2.71 bits per heavy atom. The number of aliphatic imine (C=N–C) groups is 1. The number of nitrogens with zero attached hydrogens (tertiary/aromatic N) is 2. The molecule has 76 valence electrons. The van der Waals surface area contributed by atoms with Gasteiger partial charge in [0.2, 0.25) is 0 Å². The molecule has 0 bridgehead atoms. The zero-order valence-electron chi connectivity index (χ0n) is 8.87. The van der Waals surface area contributed by atoms with Crippen LogP contribution in [0.1, 0.15) is 32.6 Å². The maximum absolute atomic E-state index is 4.52. The van der Waals surface area contributed by atoms with Gasteiger partial charge in [0.25, 0.3) is 0 Å². The fourth-order valence-corrected chi connectivity index (χ4v) is 1.96. The number of likely N-dealkylation sites (tertiary alicyclic amines) is 1. The van der Waals surface area contributed by atoms with Gasteiger partial charge < -0.3 is 4.90 Å². The van der Waals surface area contributed by atoms with E-state index < -0.39 is 0 Å². The predicted octanol–water partition coefficient (Wildman–Crippen LogP) is 2.73. The third kappa shape index (κ3) is 2.25.